The molecule has 8 heteroatoms. The minimum atomic E-state index is -0.736. The Labute approximate surface area is 206 Å². The second kappa shape index (κ2) is 14.8. The van der Waals surface area contributed by atoms with Gasteiger partial charge >= 0.3 is 5.97 Å². The first-order chi connectivity index (χ1) is 16.8. The lowest BCUT2D eigenvalue weighted by Gasteiger charge is -2.13. The Hall–Kier alpha value is -3.42. The number of carbonyl (C=O) groups is 3. The molecule has 190 valence electrons. The second-order valence-corrected chi connectivity index (χ2v) is 8.56. The molecule has 0 radical (unpaired) electrons. The number of phenols is 1. The zero-order valence-electron chi connectivity index (χ0n) is 20.6. The number of benzene rings is 1. The number of aryl methyl sites for hydroxylation is 1. The van der Waals surface area contributed by atoms with Crippen LogP contribution in [-0.4, -0.2) is 39.4 Å². The number of carboxylic acids is 1. The maximum atomic E-state index is 12.5. The molecule has 0 aliphatic rings. The summed E-state index contributed by atoms with van der Waals surface area (Å²) >= 11 is 0. The Morgan fingerprint density at radius 2 is 1.69 bits per heavy atom. The molecule has 35 heavy (non-hydrogen) atoms. The van der Waals surface area contributed by atoms with Crippen LogP contribution in [-0.2, 0) is 17.8 Å². The molecule has 0 aliphatic heterocycles. The molecule has 0 bridgehead atoms. The lowest BCUT2D eigenvalue weighted by atomic mass is 10.0. The monoisotopic (exact) mass is 484 g/mol. The number of hydrogen-bond donors (Lipinski definition) is 3. The standard InChI is InChI=1S/C27H36N2O6/c1-3-20-16-22(19(2)30)24(31)17-25(20)35-18-21-12-11-13-23(29-21)27(34)28-15-10-8-6-4-5-7-9-14-26(32)33/h11-13,16-17,31H,3-10,14-15,18H2,1-2H3,(H,28,34)(H,32,33). The number of aromatic nitrogens is 1. The molecular weight excluding hydrogens is 448 g/mol. The molecule has 0 saturated carbocycles. The van der Waals surface area contributed by atoms with E-state index in [1.165, 1.54) is 13.0 Å². The number of carbonyl (C=O) groups excluding carboxylic acids is 2. The fourth-order valence-electron chi connectivity index (χ4n) is 3.72. The van der Waals surface area contributed by atoms with Crippen molar-refractivity contribution in [2.24, 2.45) is 0 Å². The van der Waals surface area contributed by atoms with Crippen molar-refractivity contribution in [3.8, 4) is 11.5 Å². The van der Waals surface area contributed by atoms with E-state index in [2.05, 4.69) is 10.3 Å². The molecule has 2 aromatic rings. The summed E-state index contributed by atoms with van der Waals surface area (Å²) in [4.78, 5) is 39.0. The number of nitrogens with one attached hydrogen (secondary N) is 1. The first-order valence-corrected chi connectivity index (χ1v) is 12.3. The van der Waals surface area contributed by atoms with Crippen molar-refractivity contribution in [2.45, 2.75) is 78.2 Å². The summed E-state index contributed by atoms with van der Waals surface area (Å²) < 4.78 is 5.84. The quantitative estimate of drug-likeness (QED) is 0.224. The molecule has 1 aromatic heterocycles. The van der Waals surface area contributed by atoms with Crippen molar-refractivity contribution >= 4 is 17.7 Å². The maximum Gasteiger partial charge on any atom is 0.303 e. The molecular formula is C27H36N2O6. The van der Waals surface area contributed by atoms with E-state index in [-0.39, 0.29) is 36.0 Å². The third-order valence-corrected chi connectivity index (χ3v) is 5.71. The van der Waals surface area contributed by atoms with Gasteiger partial charge in [-0.2, -0.15) is 0 Å². The minimum Gasteiger partial charge on any atom is -0.507 e. The van der Waals surface area contributed by atoms with Gasteiger partial charge < -0.3 is 20.3 Å². The van der Waals surface area contributed by atoms with Crippen LogP contribution < -0.4 is 10.1 Å². The number of hydrogen-bond acceptors (Lipinski definition) is 6. The Morgan fingerprint density at radius 1 is 1.00 bits per heavy atom. The summed E-state index contributed by atoms with van der Waals surface area (Å²) in [6.45, 7) is 4.04. The number of ether oxygens (including phenoxy) is 1. The normalized spacial score (nSPS) is 10.7. The van der Waals surface area contributed by atoms with Crippen molar-refractivity contribution < 1.29 is 29.3 Å². The molecule has 0 saturated heterocycles. The highest BCUT2D eigenvalue weighted by molar-refractivity contribution is 5.97. The van der Waals surface area contributed by atoms with E-state index in [1.807, 2.05) is 6.92 Å². The van der Waals surface area contributed by atoms with Crippen molar-refractivity contribution in [3.63, 3.8) is 0 Å². The predicted molar refractivity (Wildman–Crippen MR) is 133 cm³/mol. The van der Waals surface area contributed by atoms with Crippen molar-refractivity contribution in [2.75, 3.05) is 6.54 Å². The molecule has 1 heterocycles. The molecule has 0 spiro atoms. The summed E-state index contributed by atoms with van der Waals surface area (Å²) in [7, 11) is 0. The van der Waals surface area contributed by atoms with Crippen LogP contribution in [0.15, 0.2) is 30.3 Å². The molecule has 1 aromatic carbocycles. The number of ketones is 1. The van der Waals surface area contributed by atoms with E-state index >= 15 is 0 Å². The Bertz CT molecular complexity index is 1010. The fraction of sp³-hybridized carbons (Fsp3) is 0.481. The Morgan fingerprint density at radius 3 is 2.34 bits per heavy atom. The summed E-state index contributed by atoms with van der Waals surface area (Å²) in [6.07, 6.45) is 7.62. The van der Waals surface area contributed by atoms with Crippen LogP contribution in [0.3, 0.4) is 0 Å². The van der Waals surface area contributed by atoms with E-state index in [4.69, 9.17) is 9.84 Å². The lowest BCUT2D eigenvalue weighted by Crippen LogP contribution is -2.25. The number of Topliss-reactive ketones (excluding diaryl/α,β-unsaturated/α-hetero) is 1. The molecule has 0 aliphatic carbocycles. The number of pyridine rings is 1. The van der Waals surface area contributed by atoms with Gasteiger partial charge in [-0.3, -0.25) is 14.4 Å². The summed E-state index contributed by atoms with van der Waals surface area (Å²) in [5, 5.41) is 21.6. The van der Waals surface area contributed by atoms with Crippen LogP contribution in [0, 0.1) is 0 Å². The van der Waals surface area contributed by atoms with Gasteiger partial charge in [0.25, 0.3) is 5.91 Å². The number of carboxylic acid groups (broad SMARTS) is 1. The Kier molecular flexibility index (Phi) is 11.7. The smallest absolute Gasteiger partial charge is 0.303 e. The third kappa shape index (κ3) is 9.76. The summed E-state index contributed by atoms with van der Waals surface area (Å²) in [5.74, 6) is -0.826. The van der Waals surface area contributed by atoms with Gasteiger partial charge in [0.05, 0.1) is 11.3 Å². The number of unbranched alkanes of at least 4 members (excludes halogenated alkanes) is 6. The minimum absolute atomic E-state index is 0.121. The zero-order valence-corrected chi connectivity index (χ0v) is 20.6. The van der Waals surface area contributed by atoms with Gasteiger partial charge in [-0.15, -0.1) is 0 Å². The molecule has 0 fully saturated rings. The molecule has 0 atom stereocenters. The molecule has 2 rings (SSSR count). The first-order valence-electron chi connectivity index (χ1n) is 12.3. The average molecular weight is 485 g/mol. The highest BCUT2D eigenvalue weighted by Crippen LogP contribution is 2.29. The van der Waals surface area contributed by atoms with E-state index in [1.54, 1.807) is 24.3 Å². The van der Waals surface area contributed by atoms with Crippen LogP contribution >= 0.6 is 0 Å². The van der Waals surface area contributed by atoms with Crippen LogP contribution in [0.5, 0.6) is 11.5 Å². The van der Waals surface area contributed by atoms with Gasteiger partial charge in [0.15, 0.2) is 5.78 Å². The van der Waals surface area contributed by atoms with Crippen LogP contribution in [0.4, 0.5) is 0 Å². The van der Waals surface area contributed by atoms with Gasteiger partial charge in [0.1, 0.15) is 23.8 Å². The average Bonchev–Trinajstić information content (AvgIpc) is 2.83. The SMILES string of the molecule is CCc1cc(C(C)=O)c(O)cc1OCc1cccc(C(=O)NCCCCCCCCCC(=O)O)n1. The van der Waals surface area contributed by atoms with E-state index in [0.717, 1.165) is 50.5 Å². The largest absolute Gasteiger partial charge is 0.507 e. The number of rotatable bonds is 16. The zero-order chi connectivity index (χ0) is 25.6. The van der Waals surface area contributed by atoms with E-state index in [0.29, 0.717) is 30.1 Å². The lowest BCUT2D eigenvalue weighted by molar-refractivity contribution is -0.137. The van der Waals surface area contributed by atoms with Crippen LogP contribution in [0.25, 0.3) is 0 Å². The molecule has 1 amide bonds. The van der Waals surface area contributed by atoms with Crippen molar-refractivity contribution in [1.29, 1.82) is 0 Å². The van der Waals surface area contributed by atoms with Crippen molar-refractivity contribution in [1.82, 2.24) is 10.3 Å². The third-order valence-electron chi connectivity index (χ3n) is 5.71. The second-order valence-electron chi connectivity index (χ2n) is 8.56. The van der Waals surface area contributed by atoms with E-state index in [9.17, 15) is 19.5 Å². The van der Waals surface area contributed by atoms with Gasteiger partial charge in [0.2, 0.25) is 0 Å². The van der Waals surface area contributed by atoms with Gasteiger partial charge in [-0.1, -0.05) is 45.1 Å². The van der Waals surface area contributed by atoms with Gasteiger partial charge in [0, 0.05) is 19.0 Å². The summed E-state index contributed by atoms with van der Waals surface area (Å²) in [6, 6.07) is 8.26. The summed E-state index contributed by atoms with van der Waals surface area (Å²) in [5.41, 5.74) is 1.97. The van der Waals surface area contributed by atoms with Crippen LogP contribution in [0.1, 0.15) is 97.3 Å². The number of amides is 1. The number of nitrogens with zero attached hydrogens (tertiary/aromatic N) is 1. The number of phenolic OH excluding ortho intramolecular Hbond substituents is 1. The van der Waals surface area contributed by atoms with E-state index < -0.39 is 5.97 Å². The van der Waals surface area contributed by atoms with Crippen molar-refractivity contribution in [3.05, 3.63) is 52.8 Å². The fourth-order valence-corrected chi connectivity index (χ4v) is 3.72. The van der Waals surface area contributed by atoms with Gasteiger partial charge in [-0.05, 0) is 49.9 Å². The topological polar surface area (TPSA) is 126 Å². The van der Waals surface area contributed by atoms with Gasteiger partial charge in [-0.25, -0.2) is 4.98 Å². The number of aliphatic carboxylic acids is 1. The highest BCUT2D eigenvalue weighted by Gasteiger charge is 2.14. The Balaban J connectivity index is 1.76. The molecule has 3 N–H and O–H groups in total. The first kappa shape index (κ1) is 27.8. The molecule has 8 nitrogen and oxygen atoms in total. The highest BCUT2D eigenvalue weighted by atomic mass is 16.5. The number of aromatic hydroxyl groups is 1. The molecule has 0 unspecified atom stereocenters. The maximum absolute atomic E-state index is 12.5. The van der Waals surface area contributed by atoms with Crippen LogP contribution in [0.2, 0.25) is 0 Å². The predicted octanol–water partition coefficient (Wildman–Crippen LogP) is 5.07.